The molecule has 25 heavy (non-hydrogen) atoms. The molecule has 1 aromatic carbocycles. The van der Waals surface area contributed by atoms with Gasteiger partial charge in [0.2, 0.25) is 0 Å². The Morgan fingerprint density at radius 1 is 1.08 bits per heavy atom. The van der Waals surface area contributed by atoms with Crippen molar-refractivity contribution in [3.05, 3.63) is 77.1 Å². The topological polar surface area (TPSA) is 66.7 Å². The molecule has 4 aromatic rings. The van der Waals surface area contributed by atoms with Crippen molar-refractivity contribution in [1.82, 2.24) is 15.0 Å². The average molecular weight is 353 g/mol. The highest BCUT2D eigenvalue weighted by Crippen LogP contribution is 2.21. The van der Waals surface area contributed by atoms with E-state index in [1.54, 1.807) is 12.5 Å². The summed E-state index contributed by atoms with van der Waals surface area (Å²) in [4.78, 5) is 12.3. The van der Waals surface area contributed by atoms with Gasteiger partial charge in [-0.1, -0.05) is 23.7 Å². The molecule has 0 atom stereocenters. The van der Waals surface area contributed by atoms with Crippen molar-refractivity contribution >= 4 is 28.5 Å². The first kappa shape index (κ1) is 15.7. The summed E-state index contributed by atoms with van der Waals surface area (Å²) in [6.45, 7) is 0.705. The van der Waals surface area contributed by atoms with Crippen LogP contribution >= 0.6 is 11.6 Å². The van der Waals surface area contributed by atoms with Crippen LogP contribution in [0.4, 0.5) is 5.69 Å². The molecular weight excluding hydrogens is 336 g/mol. The van der Waals surface area contributed by atoms with Gasteiger partial charge in [0.25, 0.3) is 0 Å². The van der Waals surface area contributed by atoms with E-state index in [9.17, 15) is 0 Å². The second-order valence-corrected chi connectivity index (χ2v) is 6.24. The number of hydrogen-bond donors (Lipinski definition) is 2. The van der Waals surface area contributed by atoms with Crippen LogP contribution in [0.1, 0.15) is 17.1 Å². The molecule has 0 saturated carbocycles. The van der Waals surface area contributed by atoms with E-state index in [4.69, 9.17) is 16.0 Å². The van der Waals surface area contributed by atoms with E-state index < -0.39 is 0 Å². The fourth-order valence-corrected chi connectivity index (χ4v) is 2.85. The van der Waals surface area contributed by atoms with Crippen LogP contribution in [0.5, 0.6) is 0 Å². The fraction of sp³-hybridized carbons (Fsp3) is 0.158. The van der Waals surface area contributed by atoms with Crippen molar-refractivity contribution < 1.29 is 4.42 Å². The minimum atomic E-state index is 0.705. The molecule has 0 saturated heterocycles. The molecule has 126 valence electrons. The molecule has 0 aliphatic rings. The van der Waals surface area contributed by atoms with E-state index in [0.717, 1.165) is 51.9 Å². The van der Waals surface area contributed by atoms with Crippen molar-refractivity contribution in [2.75, 3.05) is 5.32 Å². The predicted octanol–water partition coefficient (Wildman–Crippen LogP) is 4.60. The molecule has 0 bridgehead atoms. The second-order valence-electron chi connectivity index (χ2n) is 5.80. The summed E-state index contributed by atoms with van der Waals surface area (Å²) in [5.41, 5.74) is 3.78. The second kappa shape index (κ2) is 6.99. The number of fused-ring (bicyclic) bond motifs is 1. The quantitative estimate of drug-likeness (QED) is 0.532. The number of halogens is 1. The van der Waals surface area contributed by atoms with Crippen molar-refractivity contribution in [3.63, 3.8) is 0 Å². The number of aryl methyl sites for hydroxylation is 2. The van der Waals surface area contributed by atoms with Gasteiger partial charge in [-0.2, -0.15) is 0 Å². The van der Waals surface area contributed by atoms with Gasteiger partial charge in [0.15, 0.2) is 5.65 Å². The third-order valence-corrected chi connectivity index (χ3v) is 4.28. The summed E-state index contributed by atoms with van der Waals surface area (Å²) < 4.78 is 5.37. The minimum absolute atomic E-state index is 0.705. The standard InChI is InChI=1S/C19H17ClN4O/c20-14-5-3-13(4-6-14)12-22-16-9-10-21-19-18(16)23-17(24-19)8-7-15-2-1-11-25-15/h1-6,9-11H,7-8,12H2,(H2,21,22,23,24). The summed E-state index contributed by atoms with van der Waals surface area (Å²) in [7, 11) is 0. The van der Waals surface area contributed by atoms with E-state index in [-0.39, 0.29) is 0 Å². The largest absolute Gasteiger partial charge is 0.469 e. The third-order valence-electron chi connectivity index (χ3n) is 4.03. The molecule has 0 aliphatic carbocycles. The number of anilines is 1. The third kappa shape index (κ3) is 3.67. The Hall–Kier alpha value is -2.79. The van der Waals surface area contributed by atoms with Crippen LogP contribution in [0.25, 0.3) is 11.2 Å². The number of nitrogens with zero attached hydrogens (tertiary/aromatic N) is 2. The van der Waals surface area contributed by atoms with Crippen LogP contribution in [0.15, 0.2) is 59.3 Å². The van der Waals surface area contributed by atoms with Gasteiger partial charge in [-0.05, 0) is 35.9 Å². The Labute approximate surface area is 150 Å². The van der Waals surface area contributed by atoms with Gasteiger partial charge < -0.3 is 14.7 Å². The van der Waals surface area contributed by atoms with Crippen LogP contribution in [-0.4, -0.2) is 15.0 Å². The minimum Gasteiger partial charge on any atom is -0.469 e. The molecule has 6 heteroatoms. The Kier molecular flexibility index (Phi) is 4.39. The van der Waals surface area contributed by atoms with Crippen LogP contribution in [-0.2, 0) is 19.4 Å². The van der Waals surface area contributed by atoms with Crippen LogP contribution in [0.2, 0.25) is 5.02 Å². The summed E-state index contributed by atoms with van der Waals surface area (Å²) in [5, 5.41) is 4.17. The molecule has 5 nitrogen and oxygen atoms in total. The van der Waals surface area contributed by atoms with Gasteiger partial charge in [-0.15, -0.1) is 0 Å². The normalized spacial score (nSPS) is 11.1. The average Bonchev–Trinajstić information content (AvgIpc) is 3.28. The van der Waals surface area contributed by atoms with Crippen LogP contribution in [0, 0.1) is 0 Å². The molecule has 0 radical (unpaired) electrons. The summed E-state index contributed by atoms with van der Waals surface area (Å²) in [6.07, 6.45) is 5.04. The van der Waals surface area contributed by atoms with E-state index in [0.29, 0.717) is 6.54 Å². The highest BCUT2D eigenvalue weighted by molar-refractivity contribution is 6.30. The maximum Gasteiger partial charge on any atom is 0.179 e. The lowest BCUT2D eigenvalue weighted by atomic mass is 10.2. The first-order valence-corrected chi connectivity index (χ1v) is 8.50. The van der Waals surface area contributed by atoms with Crippen LogP contribution in [0.3, 0.4) is 0 Å². The Morgan fingerprint density at radius 2 is 1.96 bits per heavy atom. The molecule has 0 spiro atoms. The van der Waals surface area contributed by atoms with Gasteiger partial charge in [0.05, 0.1) is 12.0 Å². The van der Waals surface area contributed by atoms with E-state index in [2.05, 4.69) is 20.3 Å². The molecule has 0 amide bonds. The van der Waals surface area contributed by atoms with E-state index in [1.165, 1.54) is 0 Å². The number of H-pyrrole nitrogens is 1. The van der Waals surface area contributed by atoms with E-state index in [1.807, 2.05) is 42.5 Å². The summed E-state index contributed by atoms with van der Waals surface area (Å²) in [6, 6.07) is 13.6. The Morgan fingerprint density at radius 3 is 2.76 bits per heavy atom. The van der Waals surface area contributed by atoms with Crippen LogP contribution < -0.4 is 5.32 Å². The summed E-state index contributed by atoms with van der Waals surface area (Å²) >= 11 is 5.93. The SMILES string of the molecule is Clc1ccc(CNc2ccnc3nc(CCc4ccco4)[nH]c23)cc1. The molecule has 0 unspecified atom stereocenters. The van der Waals surface area contributed by atoms with Crippen molar-refractivity contribution in [3.8, 4) is 0 Å². The number of aromatic amines is 1. The lowest BCUT2D eigenvalue weighted by Crippen LogP contribution is -2.00. The zero-order chi connectivity index (χ0) is 17.1. The molecule has 2 N–H and O–H groups in total. The van der Waals surface area contributed by atoms with Gasteiger partial charge in [-0.3, -0.25) is 0 Å². The number of furan rings is 1. The molecule has 4 rings (SSSR count). The Bertz CT molecular complexity index is 961. The van der Waals surface area contributed by atoms with Gasteiger partial charge in [0.1, 0.15) is 17.1 Å². The zero-order valence-electron chi connectivity index (χ0n) is 13.5. The van der Waals surface area contributed by atoms with Gasteiger partial charge in [0, 0.05) is 30.6 Å². The van der Waals surface area contributed by atoms with Crippen molar-refractivity contribution in [2.24, 2.45) is 0 Å². The predicted molar refractivity (Wildman–Crippen MR) is 98.8 cm³/mol. The van der Waals surface area contributed by atoms with Gasteiger partial charge in [-0.25, -0.2) is 9.97 Å². The smallest absolute Gasteiger partial charge is 0.179 e. The van der Waals surface area contributed by atoms with Crippen molar-refractivity contribution in [1.29, 1.82) is 0 Å². The monoisotopic (exact) mass is 352 g/mol. The number of hydrogen-bond acceptors (Lipinski definition) is 4. The highest BCUT2D eigenvalue weighted by Gasteiger charge is 2.09. The first-order valence-electron chi connectivity index (χ1n) is 8.12. The number of pyridine rings is 1. The molecule has 0 fully saturated rings. The van der Waals surface area contributed by atoms with E-state index >= 15 is 0 Å². The number of aromatic nitrogens is 3. The molecule has 0 aliphatic heterocycles. The molecule has 3 aromatic heterocycles. The lowest BCUT2D eigenvalue weighted by Gasteiger charge is -2.07. The summed E-state index contributed by atoms with van der Waals surface area (Å²) in [5.74, 6) is 1.86. The number of rotatable bonds is 6. The molecular formula is C19H17ClN4O. The lowest BCUT2D eigenvalue weighted by molar-refractivity contribution is 0.507. The van der Waals surface area contributed by atoms with Crippen molar-refractivity contribution in [2.45, 2.75) is 19.4 Å². The fourth-order valence-electron chi connectivity index (χ4n) is 2.72. The number of nitrogens with one attached hydrogen (secondary N) is 2. The first-order chi connectivity index (χ1) is 12.3. The highest BCUT2D eigenvalue weighted by atomic mass is 35.5. The zero-order valence-corrected chi connectivity index (χ0v) is 14.3. The molecule has 3 heterocycles. The number of benzene rings is 1. The van der Waals surface area contributed by atoms with Gasteiger partial charge >= 0.3 is 0 Å². The number of imidazole rings is 1. The Balaban J connectivity index is 1.49. The maximum absolute atomic E-state index is 5.93. The maximum atomic E-state index is 5.93.